The van der Waals surface area contributed by atoms with Crippen molar-refractivity contribution < 1.29 is 4.74 Å². The van der Waals surface area contributed by atoms with E-state index in [2.05, 4.69) is 41.3 Å². The number of anilines is 1. The lowest BCUT2D eigenvalue weighted by Crippen LogP contribution is -2.37. The maximum atomic E-state index is 5.39. The summed E-state index contributed by atoms with van der Waals surface area (Å²) in [5, 5.41) is 3.31. The molecular weight excluding hydrogens is 226 g/mol. The summed E-state index contributed by atoms with van der Waals surface area (Å²) in [7, 11) is 2.13. The van der Waals surface area contributed by atoms with E-state index in [0.29, 0.717) is 6.04 Å². The molecule has 0 atom stereocenters. The van der Waals surface area contributed by atoms with Crippen LogP contribution in [0.3, 0.4) is 0 Å². The molecule has 0 bridgehead atoms. The van der Waals surface area contributed by atoms with Crippen LogP contribution in [0.15, 0.2) is 18.3 Å². The predicted molar refractivity (Wildman–Crippen MR) is 73.9 cm³/mol. The van der Waals surface area contributed by atoms with Crippen molar-refractivity contribution in [1.29, 1.82) is 0 Å². The van der Waals surface area contributed by atoms with Crippen LogP contribution in [0.1, 0.15) is 25.3 Å². The van der Waals surface area contributed by atoms with Gasteiger partial charge in [0.15, 0.2) is 0 Å². The first-order valence-electron chi connectivity index (χ1n) is 6.77. The molecule has 1 aromatic rings. The molecular formula is C14H23N3O. The molecule has 0 saturated carbocycles. The van der Waals surface area contributed by atoms with Gasteiger partial charge in [-0.2, -0.15) is 0 Å². The number of hydrogen-bond donors (Lipinski definition) is 1. The Bertz CT molecular complexity index is 347. The zero-order valence-electron chi connectivity index (χ0n) is 11.4. The van der Waals surface area contributed by atoms with Gasteiger partial charge < -0.3 is 15.0 Å². The second kappa shape index (κ2) is 6.71. The number of hydrogen-bond acceptors (Lipinski definition) is 4. The van der Waals surface area contributed by atoms with E-state index in [-0.39, 0.29) is 0 Å². The van der Waals surface area contributed by atoms with Gasteiger partial charge in [-0.25, -0.2) is 4.98 Å². The van der Waals surface area contributed by atoms with E-state index in [9.17, 15) is 0 Å². The van der Waals surface area contributed by atoms with E-state index in [1.807, 2.05) is 6.20 Å². The minimum atomic E-state index is 0.561. The van der Waals surface area contributed by atoms with Gasteiger partial charge in [-0.15, -0.1) is 0 Å². The molecule has 4 heteroatoms. The number of ether oxygens (including phenoxy) is 1. The number of nitrogens with zero attached hydrogens (tertiary/aromatic N) is 2. The first-order chi connectivity index (χ1) is 8.81. The van der Waals surface area contributed by atoms with Gasteiger partial charge in [0.1, 0.15) is 5.82 Å². The van der Waals surface area contributed by atoms with E-state index in [1.54, 1.807) is 0 Å². The molecule has 1 N–H and O–H groups in total. The zero-order chi connectivity index (χ0) is 12.8. The third-order valence-corrected chi connectivity index (χ3v) is 3.49. The Morgan fingerprint density at radius 3 is 2.78 bits per heavy atom. The number of nitrogens with one attached hydrogen (secondary N) is 1. The van der Waals surface area contributed by atoms with Crippen LogP contribution in [-0.2, 0) is 11.3 Å². The maximum absolute atomic E-state index is 5.39. The van der Waals surface area contributed by atoms with Crippen molar-refractivity contribution in [3.05, 3.63) is 23.9 Å². The summed E-state index contributed by atoms with van der Waals surface area (Å²) in [4.78, 5) is 6.83. The second-order valence-electron chi connectivity index (χ2n) is 4.76. The maximum Gasteiger partial charge on any atom is 0.128 e. The average molecular weight is 249 g/mol. The smallest absolute Gasteiger partial charge is 0.128 e. The molecule has 1 aliphatic rings. The van der Waals surface area contributed by atoms with Gasteiger partial charge in [-0.3, -0.25) is 0 Å². The van der Waals surface area contributed by atoms with Crippen LogP contribution in [0.2, 0.25) is 0 Å². The Labute approximate surface area is 109 Å². The van der Waals surface area contributed by atoms with Crippen molar-refractivity contribution >= 4 is 5.82 Å². The highest BCUT2D eigenvalue weighted by atomic mass is 16.5. The summed E-state index contributed by atoms with van der Waals surface area (Å²) < 4.78 is 5.39. The molecule has 1 fully saturated rings. The van der Waals surface area contributed by atoms with E-state index in [0.717, 1.165) is 45.0 Å². The van der Waals surface area contributed by atoms with Crippen LogP contribution in [0.5, 0.6) is 0 Å². The highest BCUT2D eigenvalue weighted by Gasteiger charge is 2.19. The van der Waals surface area contributed by atoms with E-state index in [4.69, 9.17) is 4.74 Å². The Morgan fingerprint density at radius 2 is 2.17 bits per heavy atom. The van der Waals surface area contributed by atoms with Crippen molar-refractivity contribution in [2.24, 2.45) is 0 Å². The van der Waals surface area contributed by atoms with Crippen LogP contribution in [0, 0.1) is 0 Å². The topological polar surface area (TPSA) is 37.4 Å². The molecule has 0 unspecified atom stereocenters. The lowest BCUT2D eigenvalue weighted by Gasteiger charge is -2.32. The van der Waals surface area contributed by atoms with Crippen molar-refractivity contribution in [2.45, 2.75) is 32.4 Å². The van der Waals surface area contributed by atoms with Gasteiger partial charge in [0.2, 0.25) is 0 Å². The van der Waals surface area contributed by atoms with Crippen LogP contribution in [0.25, 0.3) is 0 Å². The molecule has 1 aliphatic heterocycles. The Balaban J connectivity index is 1.95. The molecule has 0 spiro atoms. The Kier molecular flexibility index (Phi) is 4.96. The van der Waals surface area contributed by atoms with Gasteiger partial charge >= 0.3 is 0 Å². The average Bonchev–Trinajstić information content (AvgIpc) is 2.46. The molecule has 0 amide bonds. The lowest BCUT2D eigenvalue weighted by atomic mass is 10.1. The van der Waals surface area contributed by atoms with E-state index >= 15 is 0 Å². The fourth-order valence-corrected chi connectivity index (χ4v) is 2.26. The number of aromatic nitrogens is 1. The standard InChI is InChI=1S/C14H23N3O/c1-3-15-10-12-4-5-14(16-11-12)17(2)13-6-8-18-9-7-13/h4-5,11,13,15H,3,6-10H2,1-2H3. The molecule has 0 aromatic carbocycles. The van der Waals surface area contributed by atoms with Gasteiger partial charge in [0.25, 0.3) is 0 Å². The minimum absolute atomic E-state index is 0.561. The largest absolute Gasteiger partial charge is 0.381 e. The van der Waals surface area contributed by atoms with Crippen LogP contribution in [0.4, 0.5) is 5.82 Å². The quantitative estimate of drug-likeness (QED) is 0.863. The van der Waals surface area contributed by atoms with E-state index < -0.39 is 0 Å². The third kappa shape index (κ3) is 3.43. The van der Waals surface area contributed by atoms with Crippen LogP contribution >= 0.6 is 0 Å². The van der Waals surface area contributed by atoms with Gasteiger partial charge in [0.05, 0.1) is 0 Å². The Hall–Kier alpha value is -1.13. The van der Waals surface area contributed by atoms with Crippen molar-refractivity contribution in [3.63, 3.8) is 0 Å². The first-order valence-corrected chi connectivity index (χ1v) is 6.77. The number of rotatable bonds is 5. The molecule has 1 saturated heterocycles. The molecule has 2 heterocycles. The molecule has 18 heavy (non-hydrogen) atoms. The molecule has 0 aliphatic carbocycles. The molecule has 1 aromatic heterocycles. The summed E-state index contributed by atoms with van der Waals surface area (Å²) in [5.41, 5.74) is 1.24. The summed E-state index contributed by atoms with van der Waals surface area (Å²) in [6.07, 6.45) is 4.16. The monoisotopic (exact) mass is 249 g/mol. The lowest BCUT2D eigenvalue weighted by molar-refractivity contribution is 0.0853. The normalized spacial score (nSPS) is 16.8. The highest BCUT2D eigenvalue weighted by Crippen LogP contribution is 2.19. The SMILES string of the molecule is CCNCc1ccc(N(C)C2CCOCC2)nc1. The summed E-state index contributed by atoms with van der Waals surface area (Å²) in [5.74, 6) is 1.06. The van der Waals surface area contributed by atoms with Crippen LogP contribution < -0.4 is 10.2 Å². The zero-order valence-corrected chi connectivity index (χ0v) is 11.4. The predicted octanol–water partition coefficient (Wildman–Crippen LogP) is 1.81. The van der Waals surface area contributed by atoms with Crippen molar-refractivity contribution in [3.8, 4) is 0 Å². The summed E-state index contributed by atoms with van der Waals surface area (Å²) in [6.45, 7) is 5.73. The fraction of sp³-hybridized carbons (Fsp3) is 0.643. The highest BCUT2D eigenvalue weighted by molar-refractivity contribution is 5.39. The Morgan fingerprint density at radius 1 is 1.39 bits per heavy atom. The van der Waals surface area contributed by atoms with Gasteiger partial charge in [-0.1, -0.05) is 13.0 Å². The minimum Gasteiger partial charge on any atom is -0.381 e. The molecule has 100 valence electrons. The third-order valence-electron chi connectivity index (χ3n) is 3.49. The second-order valence-corrected chi connectivity index (χ2v) is 4.76. The summed E-state index contributed by atoms with van der Waals surface area (Å²) in [6, 6.07) is 4.83. The molecule has 4 nitrogen and oxygen atoms in total. The van der Waals surface area contributed by atoms with Crippen LogP contribution in [-0.4, -0.2) is 37.8 Å². The van der Waals surface area contributed by atoms with Crippen molar-refractivity contribution in [2.75, 3.05) is 31.7 Å². The fourth-order valence-electron chi connectivity index (χ4n) is 2.26. The van der Waals surface area contributed by atoms with E-state index in [1.165, 1.54) is 5.56 Å². The van der Waals surface area contributed by atoms with Gasteiger partial charge in [0, 0.05) is 39.0 Å². The van der Waals surface area contributed by atoms with Crippen molar-refractivity contribution in [1.82, 2.24) is 10.3 Å². The first kappa shape index (κ1) is 13.3. The number of pyridine rings is 1. The summed E-state index contributed by atoms with van der Waals surface area (Å²) >= 11 is 0. The molecule has 2 rings (SSSR count). The van der Waals surface area contributed by atoms with Gasteiger partial charge in [-0.05, 0) is 31.0 Å². The molecule has 0 radical (unpaired) electrons.